The van der Waals surface area contributed by atoms with Gasteiger partial charge in [0.05, 0.1) is 17.1 Å². The molecule has 0 radical (unpaired) electrons. The van der Waals surface area contributed by atoms with Crippen LogP contribution < -0.4 is 11.1 Å². The molecule has 4 aromatic rings. The number of aryl methyl sites for hydroxylation is 1. The Hall–Kier alpha value is -2.71. The highest BCUT2D eigenvalue weighted by molar-refractivity contribution is 5.99. The molecule has 28 heavy (non-hydrogen) atoms. The molecule has 1 aromatic carbocycles. The van der Waals surface area contributed by atoms with Crippen LogP contribution in [0.4, 0.5) is 5.82 Å². The summed E-state index contributed by atoms with van der Waals surface area (Å²) in [5.74, 6) is 1.07. The summed E-state index contributed by atoms with van der Waals surface area (Å²) in [7, 11) is 1.94. The van der Waals surface area contributed by atoms with Gasteiger partial charge in [-0.25, -0.2) is 14.6 Å². The van der Waals surface area contributed by atoms with E-state index in [0.717, 1.165) is 65.7 Å². The van der Waals surface area contributed by atoms with Crippen LogP contribution in [0, 0.1) is 5.92 Å². The molecule has 0 bridgehead atoms. The molecule has 0 aliphatic carbocycles. The molecule has 3 N–H and O–H groups in total. The number of fused-ring (bicyclic) bond motifs is 2. The van der Waals surface area contributed by atoms with E-state index in [4.69, 9.17) is 10.8 Å². The molecule has 146 valence electrons. The molecular weight excluding hydrogens is 376 g/mol. The van der Waals surface area contributed by atoms with Crippen LogP contribution >= 0.6 is 12.4 Å². The smallest absolute Gasteiger partial charge is 0.163 e. The normalized spacial score (nSPS) is 15.2. The lowest BCUT2D eigenvalue weighted by molar-refractivity contribution is 0.325. The topological polar surface area (TPSA) is 99.5 Å². The highest BCUT2D eigenvalue weighted by atomic mass is 35.5. The minimum Gasteiger partial charge on any atom is -0.383 e. The first kappa shape index (κ1) is 18.6. The number of nitrogen functional groups attached to an aromatic ring is 1. The van der Waals surface area contributed by atoms with Gasteiger partial charge in [-0.1, -0.05) is 6.07 Å². The van der Waals surface area contributed by atoms with E-state index in [2.05, 4.69) is 38.6 Å². The highest BCUT2D eigenvalue weighted by Crippen LogP contribution is 2.32. The minimum atomic E-state index is 0. The molecule has 8 nitrogen and oxygen atoms in total. The summed E-state index contributed by atoms with van der Waals surface area (Å²) in [5, 5.41) is 14.6. The van der Waals surface area contributed by atoms with Crippen molar-refractivity contribution < 1.29 is 0 Å². The van der Waals surface area contributed by atoms with Crippen molar-refractivity contribution in [2.75, 3.05) is 18.8 Å². The summed E-state index contributed by atoms with van der Waals surface area (Å²) in [6.07, 6.45) is 5.69. The number of benzene rings is 1. The molecule has 1 fully saturated rings. The van der Waals surface area contributed by atoms with Gasteiger partial charge in [0.1, 0.15) is 17.8 Å². The van der Waals surface area contributed by atoms with Crippen molar-refractivity contribution >= 4 is 40.2 Å². The number of hydrogen-bond donors (Lipinski definition) is 2. The summed E-state index contributed by atoms with van der Waals surface area (Å²) >= 11 is 0. The minimum absolute atomic E-state index is 0. The molecule has 0 spiro atoms. The number of halogens is 1. The maximum absolute atomic E-state index is 6.23. The third kappa shape index (κ3) is 3.08. The molecule has 1 aliphatic heterocycles. The van der Waals surface area contributed by atoms with E-state index < -0.39 is 0 Å². The van der Waals surface area contributed by atoms with Crippen LogP contribution in [0.2, 0.25) is 0 Å². The van der Waals surface area contributed by atoms with Gasteiger partial charge in [0.2, 0.25) is 0 Å². The lowest BCUT2D eigenvalue weighted by Gasteiger charge is -2.22. The summed E-state index contributed by atoms with van der Waals surface area (Å²) in [6.45, 7) is 2.97. The maximum Gasteiger partial charge on any atom is 0.163 e. The molecule has 0 saturated carbocycles. The van der Waals surface area contributed by atoms with Crippen molar-refractivity contribution in [2.24, 2.45) is 13.0 Å². The number of nitrogens with zero attached hydrogens (tertiary/aromatic N) is 6. The number of aromatic nitrogens is 6. The quantitative estimate of drug-likeness (QED) is 0.549. The predicted octanol–water partition coefficient (Wildman–Crippen LogP) is 2.38. The number of rotatable bonds is 3. The SMILES string of the molecule is Cl.Cn1ncc2cc(-c3nn(CC4CCNCC4)c4ncnc(N)c34)ccc21. The predicted molar refractivity (Wildman–Crippen MR) is 112 cm³/mol. The number of piperidine rings is 1. The molecule has 0 unspecified atom stereocenters. The maximum atomic E-state index is 6.23. The fourth-order valence-electron chi connectivity index (χ4n) is 3.98. The molecule has 1 saturated heterocycles. The van der Waals surface area contributed by atoms with Crippen LogP contribution in [-0.2, 0) is 13.6 Å². The third-order valence-corrected chi connectivity index (χ3v) is 5.47. The average Bonchev–Trinajstić information content (AvgIpc) is 3.24. The summed E-state index contributed by atoms with van der Waals surface area (Å²) in [4.78, 5) is 8.70. The fraction of sp³-hybridized carbons (Fsp3) is 0.368. The van der Waals surface area contributed by atoms with Crippen LogP contribution in [0.25, 0.3) is 33.2 Å². The Morgan fingerprint density at radius 1 is 1.21 bits per heavy atom. The summed E-state index contributed by atoms with van der Waals surface area (Å²) in [5.41, 5.74) is 9.96. The van der Waals surface area contributed by atoms with Crippen molar-refractivity contribution in [3.05, 3.63) is 30.7 Å². The fourth-order valence-corrected chi connectivity index (χ4v) is 3.98. The van der Waals surface area contributed by atoms with Gasteiger partial charge in [-0.3, -0.25) is 4.68 Å². The third-order valence-electron chi connectivity index (χ3n) is 5.47. The summed E-state index contributed by atoms with van der Waals surface area (Å²) in [6, 6.07) is 6.23. The van der Waals surface area contributed by atoms with Crippen LogP contribution in [0.5, 0.6) is 0 Å². The molecule has 1 aliphatic rings. The monoisotopic (exact) mass is 398 g/mol. The van der Waals surface area contributed by atoms with Crippen LogP contribution in [0.15, 0.2) is 30.7 Å². The Morgan fingerprint density at radius 2 is 2.04 bits per heavy atom. The van der Waals surface area contributed by atoms with Crippen molar-refractivity contribution in [3.8, 4) is 11.3 Å². The van der Waals surface area contributed by atoms with E-state index in [1.807, 2.05) is 22.6 Å². The second-order valence-electron chi connectivity index (χ2n) is 7.22. The number of hydrogen-bond acceptors (Lipinski definition) is 6. The largest absolute Gasteiger partial charge is 0.383 e. The molecule has 0 atom stereocenters. The zero-order chi connectivity index (χ0) is 18.4. The standard InChI is InChI=1S/C19H22N8.ClH/c1-26-15-3-2-13(8-14(15)9-24-26)17-16-18(20)22-11-23-19(16)27(25-17)10-12-4-6-21-7-5-12;/h2-3,8-9,11-12,21H,4-7,10H2,1H3,(H2,20,22,23);1H. The second-order valence-corrected chi connectivity index (χ2v) is 7.22. The Bertz CT molecular complexity index is 1130. The van der Waals surface area contributed by atoms with Crippen molar-refractivity contribution in [2.45, 2.75) is 19.4 Å². The van der Waals surface area contributed by atoms with Gasteiger partial charge < -0.3 is 11.1 Å². The molecule has 4 heterocycles. The number of nitrogens with two attached hydrogens (primary N) is 1. The van der Waals surface area contributed by atoms with E-state index in [1.54, 1.807) is 0 Å². The van der Waals surface area contributed by atoms with Gasteiger partial charge in [0, 0.05) is 24.5 Å². The summed E-state index contributed by atoms with van der Waals surface area (Å²) < 4.78 is 3.87. The zero-order valence-corrected chi connectivity index (χ0v) is 16.5. The van der Waals surface area contributed by atoms with Crippen molar-refractivity contribution in [3.63, 3.8) is 0 Å². The van der Waals surface area contributed by atoms with Crippen molar-refractivity contribution in [1.82, 2.24) is 34.8 Å². The highest BCUT2D eigenvalue weighted by Gasteiger charge is 2.21. The Balaban J connectivity index is 0.00000192. The Labute approximate surface area is 168 Å². The molecule has 0 amide bonds. The first-order valence-electron chi connectivity index (χ1n) is 9.30. The Kier molecular flexibility index (Phi) is 4.91. The van der Waals surface area contributed by atoms with E-state index in [1.165, 1.54) is 6.33 Å². The average molecular weight is 399 g/mol. The van der Waals surface area contributed by atoms with E-state index in [-0.39, 0.29) is 12.4 Å². The first-order chi connectivity index (χ1) is 13.2. The number of nitrogens with one attached hydrogen (secondary N) is 1. The van der Waals surface area contributed by atoms with Gasteiger partial charge in [-0.2, -0.15) is 10.2 Å². The van der Waals surface area contributed by atoms with Crippen LogP contribution in [-0.4, -0.2) is 42.6 Å². The van der Waals surface area contributed by atoms with Gasteiger partial charge in [0.15, 0.2) is 5.65 Å². The zero-order valence-electron chi connectivity index (χ0n) is 15.7. The van der Waals surface area contributed by atoms with E-state index >= 15 is 0 Å². The van der Waals surface area contributed by atoms with E-state index in [0.29, 0.717) is 11.7 Å². The molecule has 5 rings (SSSR count). The molecular formula is C19H23ClN8. The Morgan fingerprint density at radius 3 is 2.86 bits per heavy atom. The lowest BCUT2D eigenvalue weighted by Crippen LogP contribution is -2.30. The van der Waals surface area contributed by atoms with Gasteiger partial charge in [-0.15, -0.1) is 12.4 Å². The first-order valence-corrected chi connectivity index (χ1v) is 9.30. The number of anilines is 1. The molecule has 3 aromatic heterocycles. The van der Waals surface area contributed by atoms with Crippen LogP contribution in [0.3, 0.4) is 0 Å². The van der Waals surface area contributed by atoms with Gasteiger partial charge >= 0.3 is 0 Å². The molecule has 9 heteroatoms. The lowest BCUT2D eigenvalue weighted by atomic mass is 9.98. The van der Waals surface area contributed by atoms with Crippen molar-refractivity contribution in [1.29, 1.82) is 0 Å². The second kappa shape index (κ2) is 7.37. The van der Waals surface area contributed by atoms with E-state index in [9.17, 15) is 0 Å². The van der Waals surface area contributed by atoms with Gasteiger partial charge in [0.25, 0.3) is 0 Å². The van der Waals surface area contributed by atoms with Crippen LogP contribution in [0.1, 0.15) is 12.8 Å². The van der Waals surface area contributed by atoms with Gasteiger partial charge in [-0.05, 0) is 44.0 Å².